The molecule has 0 radical (unpaired) electrons. The van der Waals surface area contributed by atoms with Crippen molar-refractivity contribution in [2.75, 3.05) is 40.0 Å². The molecule has 1 N–H and O–H groups in total. The summed E-state index contributed by atoms with van der Waals surface area (Å²) in [5.41, 5.74) is 0. The van der Waals surface area contributed by atoms with Crippen LogP contribution in [0.1, 0.15) is 26.2 Å². The van der Waals surface area contributed by atoms with Crippen LogP contribution in [0.15, 0.2) is 23.1 Å². The number of hydrogen-bond donors (Lipinski definition) is 1. The summed E-state index contributed by atoms with van der Waals surface area (Å²) in [6.45, 7) is 4.01. The number of methoxy groups -OCH3 is 1. The maximum atomic E-state index is 13.0. The van der Waals surface area contributed by atoms with Gasteiger partial charge in [-0.3, -0.25) is 4.79 Å². The fourth-order valence-corrected chi connectivity index (χ4v) is 4.95. The zero-order valence-electron chi connectivity index (χ0n) is 16.3. The zero-order valence-corrected chi connectivity index (χ0v) is 17.2. The Kier molecular flexibility index (Phi) is 6.79. The number of carbonyl (C=O) groups is 1. The van der Waals surface area contributed by atoms with Crippen molar-refractivity contribution in [3.63, 3.8) is 0 Å². The van der Waals surface area contributed by atoms with Gasteiger partial charge in [0.2, 0.25) is 15.9 Å². The molecule has 1 fully saturated rings. The maximum Gasteiger partial charge on any atom is 0.243 e. The predicted molar refractivity (Wildman–Crippen MR) is 103 cm³/mol. The van der Waals surface area contributed by atoms with Crippen molar-refractivity contribution in [1.29, 1.82) is 0 Å². The molecule has 1 atom stereocenters. The van der Waals surface area contributed by atoms with E-state index in [9.17, 15) is 13.2 Å². The predicted octanol–water partition coefficient (Wildman–Crippen LogP) is 1.40. The third kappa shape index (κ3) is 4.76. The van der Waals surface area contributed by atoms with Gasteiger partial charge in [0.25, 0.3) is 0 Å². The average molecular weight is 413 g/mol. The number of piperidine rings is 1. The van der Waals surface area contributed by atoms with E-state index < -0.39 is 10.0 Å². The van der Waals surface area contributed by atoms with Crippen molar-refractivity contribution < 1.29 is 27.4 Å². The number of nitrogens with zero attached hydrogens (tertiary/aromatic N) is 1. The molecule has 0 aliphatic carbocycles. The Morgan fingerprint density at radius 1 is 1.25 bits per heavy atom. The molecule has 1 aromatic carbocycles. The summed E-state index contributed by atoms with van der Waals surface area (Å²) in [7, 11) is -2.05. The second-order valence-corrected chi connectivity index (χ2v) is 9.14. The average Bonchev–Trinajstić information content (AvgIpc) is 2.93. The highest BCUT2D eigenvalue weighted by Crippen LogP contribution is 2.33. The minimum absolute atomic E-state index is 0.0443. The first-order valence-corrected chi connectivity index (χ1v) is 11.0. The summed E-state index contributed by atoms with van der Waals surface area (Å²) in [4.78, 5) is 12.5. The molecule has 156 valence electrons. The fraction of sp³-hybridized carbons (Fsp3) is 0.632. The summed E-state index contributed by atoms with van der Waals surface area (Å²) < 4.78 is 43.7. The van der Waals surface area contributed by atoms with Crippen LogP contribution in [0.5, 0.6) is 11.5 Å². The van der Waals surface area contributed by atoms with Crippen LogP contribution in [0.2, 0.25) is 0 Å². The Morgan fingerprint density at radius 2 is 1.93 bits per heavy atom. The molecular weight excluding hydrogens is 384 g/mol. The molecule has 1 saturated heterocycles. The number of hydrogen-bond acceptors (Lipinski definition) is 6. The lowest BCUT2D eigenvalue weighted by Gasteiger charge is -2.31. The monoisotopic (exact) mass is 412 g/mol. The zero-order chi connectivity index (χ0) is 20.1. The number of ether oxygens (including phenoxy) is 3. The Bertz CT molecular complexity index is 790. The van der Waals surface area contributed by atoms with Crippen molar-refractivity contribution in [2.45, 2.75) is 37.1 Å². The Balaban J connectivity index is 1.63. The third-order valence-electron chi connectivity index (χ3n) is 4.99. The summed E-state index contributed by atoms with van der Waals surface area (Å²) in [6, 6.07) is 4.65. The lowest BCUT2D eigenvalue weighted by atomic mass is 9.97. The summed E-state index contributed by atoms with van der Waals surface area (Å²) in [6.07, 6.45) is 1.75. The van der Waals surface area contributed by atoms with Gasteiger partial charge in [-0.2, -0.15) is 4.31 Å². The van der Waals surface area contributed by atoms with Gasteiger partial charge in [-0.1, -0.05) is 0 Å². The number of fused-ring (bicyclic) bond motifs is 1. The van der Waals surface area contributed by atoms with Crippen molar-refractivity contribution in [2.24, 2.45) is 5.92 Å². The molecular formula is C19H28N2O6S. The maximum absolute atomic E-state index is 13.0. The van der Waals surface area contributed by atoms with E-state index in [1.807, 2.05) is 6.92 Å². The molecule has 1 aromatic rings. The highest BCUT2D eigenvalue weighted by Gasteiger charge is 2.33. The van der Waals surface area contributed by atoms with Crippen molar-refractivity contribution >= 4 is 15.9 Å². The van der Waals surface area contributed by atoms with Crippen LogP contribution in [0.4, 0.5) is 0 Å². The van der Waals surface area contributed by atoms with Crippen molar-refractivity contribution in [1.82, 2.24) is 9.62 Å². The van der Waals surface area contributed by atoms with Gasteiger partial charge in [-0.25, -0.2) is 8.42 Å². The van der Waals surface area contributed by atoms with Gasteiger partial charge >= 0.3 is 0 Å². The Morgan fingerprint density at radius 3 is 2.61 bits per heavy atom. The molecule has 1 amide bonds. The van der Waals surface area contributed by atoms with Crippen LogP contribution < -0.4 is 14.8 Å². The lowest BCUT2D eigenvalue weighted by molar-refractivity contribution is -0.127. The molecule has 9 heteroatoms. The van der Waals surface area contributed by atoms with E-state index >= 15 is 0 Å². The molecule has 3 rings (SSSR count). The van der Waals surface area contributed by atoms with Gasteiger partial charge in [0, 0.05) is 44.6 Å². The van der Waals surface area contributed by atoms with E-state index in [0.717, 1.165) is 6.42 Å². The Hall–Kier alpha value is -1.84. The van der Waals surface area contributed by atoms with Crippen LogP contribution in [0.25, 0.3) is 0 Å². The van der Waals surface area contributed by atoms with E-state index in [2.05, 4.69) is 5.32 Å². The number of nitrogens with one attached hydrogen (secondary N) is 1. The summed E-state index contributed by atoms with van der Waals surface area (Å²) in [5, 5.41) is 2.91. The molecule has 2 heterocycles. The molecule has 1 unspecified atom stereocenters. The number of rotatable bonds is 6. The molecule has 0 aromatic heterocycles. The number of carbonyl (C=O) groups excluding carboxylic acids is 1. The van der Waals surface area contributed by atoms with Gasteiger partial charge in [0.1, 0.15) is 0 Å². The lowest BCUT2D eigenvalue weighted by Crippen LogP contribution is -2.45. The third-order valence-corrected chi connectivity index (χ3v) is 6.88. The molecule has 2 aliphatic heterocycles. The summed E-state index contributed by atoms with van der Waals surface area (Å²) in [5.74, 6) is 0.795. The highest BCUT2D eigenvalue weighted by molar-refractivity contribution is 7.89. The minimum Gasteiger partial charge on any atom is -0.490 e. The second kappa shape index (κ2) is 9.11. The van der Waals surface area contributed by atoms with Crippen molar-refractivity contribution in [3.05, 3.63) is 18.2 Å². The number of benzene rings is 1. The first kappa shape index (κ1) is 20.9. The van der Waals surface area contributed by atoms with Crippen LogP contribution in [0, 0.1) is 5.92 Å². The quantitative estimate of drug-likeness (QED) is 0.759. The normalized spacial score (nSPS) is 19.6. The van der Waals surface area contributed by atoms with Crippen LogP contribution in [-0.2, 0) is 19.6 Å². The second-order valence-electron chi connectivity index (χ2n) is 7.20. The van der Waals surface area contributed by atoms with Gasteiger partial charge in [-0.05, 0) is 31.9 Å². The van der Waals surface area contributed by atoms with Crippen LogP contribution >= 0.6 is 0 Å². The van der Waals surface area contributed by atoms with Crippen molar-refractivity contribution in [3.8, 4) is 11.5 Å². The smallest absolute Gasteiger partial charge is 0.243 e. The topological polar surface area (TPSA) is 94.2 Å². The van der Waals surface area contributed by atoms with Gasteiger partial charge in [0.15, 0.2) is 11.5 Å². The fourth-order valence-electron chi connectivity index (χ4n) is 3.46. The van der Waals surface area contributed by atoms with E-state index in [-0.39, 0.29) is 22.8 Å². The van der Waals surface area contributed by atoms with Gasteiger partial charge < -0.3 is 19.5 Å². The van der Waals surface area contributed by atoms with Gasteiger partial charge in [-0.15, -0.1) is 0 Å². The molecule has 2 aliphatic rings. The molecule has 0 saturated carbocycles. The first-order valence-electron chi connectivity index (χ1n) is 9.61. The molecule has 8 nitrogen and oxygen atoms in total. The minimum atomic E-state index is -3.64. The molecule has 0 bridgehead atoms. The van der Waals surface area contributed by atoms with E-state index in [0.29, 0.717) is 57.3 Å². The number of amides is 1. The SMILES string of the molecule is COCC(C)NC(=O)C1CCN(S(=O)(=O)c2ccc3c(c2)OCCCO3)CC1. The van der Waals surface area contributed by atoms with Gasteiger partial charge in [0.05, 0.1) is 24.7 Å². The number of sulfonamides is 1. The van der Waals surface area contributed by atoms with E-state index in [1.54, 1.807) is 19.2 Å². The largest absolute Gasteiger partial charge is 0.490 e. The highest BCUT2D eigenvalue weighted by atomic mass is 32.2. The Labute approximate surface area is 166 Å². The van der Waals surface area contributed by atoms with Crippen LogP contribution in [-0.4, -0.2) is 64.7 Å². The first-order chi connectivity index (χ1) is 13.4. The van der Waals surface area contributed by atoms with Crippen LogP contribution in [0.3, 0.4) is 0 Å². The molecule has 28 heavy (non-hydrogen) atoms. The van der Waals surface area contributed by atoms with E-state index in [1.165, 1.54) is 10.4 Å². The summed E-state index contributed by atoms with van der Waals surface area (Å²) >= 11 is 0. The van der Waals surface area contributed by atoms with E-state index in [4.69, 9.17) is 14.2 Å². The molecule has 0 spiro atoms. The standard InChI is InChI=1S/C19H28N2O6S/c1-14(13-25-2)20-19(22)15-6-8-21(9-7-15)28(23,24)16-4-5-17-18(12-16)27-11-3-10-26-17/h4-5,12,14-15H,3,6-11,13H2,1-2H3,(H,20,22).